The van der Waals surface area contributed by atoms with Crippen LogP contribution in [0.25, 0.3) is 0 Å². The predicted molar refractivity (Wildman–Crippen MR) is 72.4 cm³/mol. The quantitative estimate of drug-likeness (QED) is 0.843. The first-order chi connectivity index (χ1) is 9.24. The lowest BCUT2D eigenvalue weighted by atomic mass is 9.84. The zero-order valence-electron chi connectivity index (χ0n) is 11.6. The van der Waals surface area contributed by atoms with Crippen LogP contribution in [-0.2, 0) is 9.59 Å². The summed E-state index contributed by atoms with van der Waals surface area (Å²) in [5, 5.41) is 3.15. The molecule has 3 aliphatic rings. The molecule has 1 N–H and O–H groups in total. The summed E-state index contributed by atoms with van der Waals surface area (Å²) in [5.41, 5.74) is 0. The van der Waals surface area contributed by atoms with Crippen molar-refractivity contribution in [2.24, 2.45) is 11.8 Å². The van der Waals surface area contributed by atoms with Crippen molar-refractivity contribution < 1.29 is 9.59 Å². The molecule has 19 heavy (non-hydrogen) atoms. The van der Waals surface area contributed by atoms with Crippen molar-refractivity contribution in [1.82, 2.24) is 10.2 Å². The number of nitrogens with one attached hydrogen (secondary N) is 1. The van der Waals surface area contributed by atoms with E-state index >= 15 is 0 Å². The fourth-order valence-electron chi connectivity index (χ4n) is 3.50. The molecule has 0 aromatic carbocycles. The first-order valence-electron chi connectivity index (χ1n) is 7.83. The van der Waals surface area contributed by atoms with Crippen molar-refractivity contribution in [1.29, 1.82) is 0 Å². The molecule has 2 aliphatic carbocycles. The molecule has 4 heteroatoms. The second-order valence-electron chi connectivity index (χ2n) is 6.39. The zero-order valence-corrected chi connectivity index (χ0v) is 11.6. The van der Waals surface area contributed by atoms with Crippen LogP contribution in [-0.4, -0.2) is 35.8 Å². The topological polar surface area (TPSA) is 49.4 Å². The maximum Gasteiger partial charge on any atom is 0.225 e. The van der Waals surface area contributed by atoms with E-state index in [-0.39, 0.29) is 23.8 Å². The number of hydrogen-bond acceptors (Lipinski definition) is 2. The highest BCUT2D eigenvalue weighted by atomic mass is 16.2. The third-order valence-corrected chi connectivity index (χ3v) is 5.03. The van der Waals surface area contributed by atoms with Crippen LogP contribution in [0.4, 0.5) is 0 Å². The van der Waals surface area contributed by atoms with E-state index in [1.807, 2.05) is 4.90 Å². The summed E-state index contributed by atoms with van der Waals surface area (Å²) in [4.78, 5) is 26.2. The van der Waals surface area contributed by atoms with E-state index in [0.717, 1.165) is 45.2 Å². The van der Waals surface area contributed by atoms with Gasteiger partial charge in [0, 0.05) is 31.0 Å². The largest absolute Gasteiger partial charge is 0.351 e. The van der Waals surface area contributed by atoms with Crippen LogP contribution < -0.4 is 5.32 Å². The van der Waals surface area contributed by atoms with Crippen molar-refractivity contribution in [2.75, 3.05) is 13.1 Å². The van der Waals surface area contributed by atoms with Gasteiger partial charge < -0.3 is 10.2 Å². The number of rotatable bonds is 3. The SMILES string of the molecule is O=C(NC1CCN(C(=O)C2CCC2)C1)C1CCCC1. The van der Waals surface area contributed by atoms with Gasteiger partial charge in [0.25, 0.3) is 0 Å². The molecule has 1 saturated heterocycles. The molecule has 2 saturated carbocycles. The lowest BCUT2D eigenvalue weighted by molar-refractivity contribution is -0.137. The Labute approximate surface area is 114 Å². The maximum absolute atomic E-state index is 12.1. The summed E-state index contributed by atoms with van der Waals surface area (Å²) < 4.78 is 0. The number of hydrogen-bond donors (Lipinski definition) is 1. The second kappa shape index (κ2) is 5.51. The van der Waals surface area contributed by atoms with Crippen LogP contribution >= 0.6 is 0 Å². The monoisotopic (exact) mass is 264 g/mol. The van der Waals surface area contributed by atoms with E-state index in [4.69, 9.17) is 0 Å². The summed E-state index contributed by atoms with van der Waals surface area (Å²) in [5.74, 6) is 1.06. The van der Waals surface area contributed by atoms with Crippen LogP contribution in [0.5, 0.6) is 0 Å². The number of carbonyl (C=O) groups excluding carboxylic acids is 2. The summed E-state index contributed by atoms with van der Waals surface area (Å²) in [6.45, 7) is 1.55. The number of carbonyl (C=O) groups is 2. The van der Waals surface area contributed by atoms with E-state index in [2.05, 4.69) is 5.32 Å². The third kappa shape index (κ3) is 2.77. The van der Waals surface area contributed by atoms with Gasteiger partial charge in [-0.05, 0) is 32.1 Å². The lowest BCUT2D eigenvalue weighted by Gasteiger charge is -2.29. The van der Waals surface area contributed by atoms with E-state index in [9.17, 15) is 9.59 Å². The Morgan fingerprint density at radius 3 is 2.21 bits per heavy atom. The van der Waals surface area contributed by atoms with Gasteiger partial charge in [0.1, 0.15) is 0 Å². The minimum absolute atomic E-state index is 0.192. The number of amides is 2. The van der Waals surface area contributed by atoms with Gasteiger partial charge in [-0.25, -0.2) is 0 Å². The predicted octanol–water partition coefficient (Wildman–Crippen LogP) is 1.69. The molecule has 4 nitrogen and oxygen atoms in total. The van der Waals surface area contributed by atoms with Crippen LogP contribution in [0, 0.1) is 11.8 Å². The molecule has 0 bridgehead atoms. The fourth-order valence-corrected chi connectivity index (χ4v) is 3.50. The molecule has 0 radical (unpaired) electrons. The summed E-state index contributed by atoms with van der Waals surface area (Å²) in [7, 11) is 0. The van der Waals surface area contributed by atoms with Gasteiger partial charge in [0.2, 0.25) is 11.8 Å². The van der Waals surface area contributed by atoms with Gasteiger partial charge in [-0.3, -0.25) is 9.59 Å². The highest BCUT2D eigenvalue weighted by Crippen LogP contribution is 2.30. The highest BCUT2D eigenvalue weighted by molar-refractivity contribution is 5.81. The molecule has 0 aromatic rings. The Bertz CT molecular complexity index is 359. The molecule has 1 heterocycles. The minimum atomic E-state index is 0.192. The normalized spacial score (nSPS) is 28.4. The molecule has 2 amide bonds. The van der Waals surface area contributed by atoms with E-state index < -0.39 is 0 Å². The summed E-state index contributed by atoms with van der Waals surface area (Å²) in [6.07, 6.45) is 8.72. The van der Waals surface area contributed by atoms with E-state index in [1.165, 1.54) is 19.3 Å². The van der Waals surface area contributed by atoms with E-state index in [1.54, 1.807) is 0 Å². The first kappa shape index (κ1) is 12.9. The Kier molecular flexibility index (Phi) is 3.76. The lowest BCUT2D eigenvalue weighted by Crippen LogP contribution is -2.42. The molecule has 1 unspecified atom stereocenters. The molecule has 106 valence electrons. The van der Waals surface area contributed by atoms with Crippen molar-refractivity contribution in [3.8, 4) is 0 Å². The van der Waals surface area contributed by atoms with Crippen LogP contribution in [0.15, 0.2) is 0 Å². The van der Waals surface area contributed by atoms with Crippen LogP contribution in [0.2, 0.25) is 0 Å². The van der Waals surface area contributed by atoms with E-state index in [0.29, 0.717) is 5.91 Å². The molecule has 0 aromatic heterocycles. The smallest absolute Gasteiger partial charge is 0.225 e. The van der Waals surface area contributed by atoms with Crippen molar-refractivity contribution in [3.63, 3.8) is 0 Å². The molecule has 3 fully saturated rings. The van der Waals surface area contributed by atoms with Gasteiger partial charge in [-0.2, -0.15) is 0 Å². The van der Waals surface area contributed by atoms with Gasteiger partial charge >= 0.3 is 0 Å². The molecule has 3 rings (SSSR count). The van der Waals surface area contributed by atoms with Gasteiger partial charge in [-0.1, -0.05) is 19.3 Å². The van der Waals surface area contributed by atoms with Crippen LogP contribution in [0.3, 0.4) is 0 Å². The number of nitrogens with zero attached hydrogens (tertiary/aromatic N) is 1. The van der Waals surface area contributed by atoms with Gasteiger partial charge in [0.05, 0.1) is 0 Å². The number of likely N-dealkylation sites (tertiary alicyclic amines) is 1. The van der Waals surface area contributed by atoms with Crippen molar-refractivity contribution >= 4 is 11.8 Å². The Balaban J connectivity index is 1.45. The van der Waals surface area contributed by atoms with Crippen molar-refractivity contribution in [3.05, 3.63) is 0 Å². The average molecular weight is 264 g/mol. The summed E-state index contributed by atoms with van der Waals surface area (Å²) in [6, 6.07) is 0.192. The highest BCUT2D eigenvalue weighted by Gasteiger charge is 2.34. The Morgan fingerprint density at radius 2 is 1.58 bits per heavy atom. The summed E-state index contributed by atoms with van der Waals surface area (Å²) >= 11 is 0. The first-order valence-corrected chi connectivity index (χ1v) is 7.83. The fraction of sp³-hybridized carbons (Fsp3) is 0.867. The van der Waals surface area contributed by atoms with Crippen molar-refractivity contribution in [2.45, 2.75) is 57.4 Å². The molecule has 1 aliphatic heterocycles. The van der Waals surface area contributed by atoms with Gasteiger partial charge in [-0.15, -0.1) is 0 Å². The molecule has 1 atom stereocenters. The minimum Gasteiger partial charge on any atom is -0.351 e. The second-order valence-corrected chi connectivity index (χ2v) is 6.39. The Morgan fingerprint density at radius 1 is 0.895 bits per heavy atom. The standard InChI is InChI=1S/C15H24N2O2/c18-14(11-4-1-2-5-11)16-13-8-9-17(10-13)15(19)12-6-3-7-12/h11-13H,1-10H2,(H,16,18). The molecular weight excluding hydrogens is 240 g/mol. The third-order valence-electron chi connectivity index (χ3n) is 5.03. The van der Waals surface area contributed by atoms with Gasteiger partial charge in [0.15, 0.2) is 0 Å². The maximum atomic E-state index is 12.1. The Hall–Kier alpha value is -1.06. The van der Waals surface area contributed by atoms with Crippen LogP contribution in [0.1, 0.15) is 51.4 Å². The molecular formula is C15H24N2O2. The average Bonchev–Trinajstić information content (AvgIpc) is 2.97. The molecule has 0 spiro atoms. The zero-order chi connectivity index (χ0) is 13.2.